The van der Waals surface area contributed by atoms with Crippen molar-refractivity contribution in [1.82, 2.24) is 20.1 Å². The van der Waals surface area contributed by atoms with Gasteiger partial charge in [-0.15, -0.1) is 36.2 Å². The van der Waals surface area contributed by atoms with Gasteiger partial charge in [0, 0.05) is 37.5 Å². The number of rotatable bonds is 3. The topological polar surface area (TPSA) is 48.5 Å². The number of nitrogens with one attached hydrogen (secondary N) is 1. The molecule has 0 saturated carbocycles. The summed E-state index contributed by atoms with van der Waals surface area (Å²) in [4.78, 5) is 22.1. The molecule has 1 N–H and O–H groups in total. The van der Waals surface area contributed by atoms with Gasteiger partial charge in [0.05, 0.1) is 10.7 Å². The Morgan fingerprint density at radius 2 is 1.93 bits per heavy atom. The Hall–Kier alpha value is -0.400. The minimum absolute atomic E-state index is 0. The molecule has 0 aliphatic carbocycles. The van der Waals surface area contributed by atoms with Crippen molar-refractivity contribution in [2.24, 2.45) is 11.3 Å². The van der Waals surface area contributed by atoms with Crippen LogP contribution in [0.3, 0.4) is 0 Å². The van der Waals surface area contributed by atoms with Crippen molar-refractivity contribution in [3.8, 4) is 0 Å². The number of piperidine rings is 2. The Labute approximate surface area is 179 Å². The molecular formula is C19H32Cl2N4OS. The maximum absolute atomic E-state index is 12.9. The normalized spacial score (nSPS) is 23.1. The number of carbonyl (C=O) groups is 1. The molecule has 3 aliphatic rings. The van der Waals surface area contributed by atoms with Gasteiger partial charge in [0.1, 0.15) is 0 Å². The van der Waals surface area contributed by atoms with Gasteiger partial charge in [-0.2, -0.15) is 0 Å². The molecule has 154 valence electrons. The van der Waals surface area contributed by atoms with Crippen LogP contribution in [0.15, 0.2) is 5.38 Å². The molecule has 0 unspecified atom stereocenters. The van der Waals surface area contributed by atoms with Crippen molar-refractivity contribution in [3.05, 3.63) is 16.1 Å². The fourth-order valence-electron chi connectivity index (χ4n) is 4.73. The molecule has 4 heterocycles. The van der Waals surface area contributed by atoms with Gasteiger partial charge in [0.15, 0.2) is 0 Å². The molecular weight excluding hydrogens is 403 g/mol. The predicted molar refractivity (Wildman–Crippen MR) is 115 cm³/mol. The number of likely N-dealkylation sites (tertiary alicyclic amines) is 2. The van der Waals surface area contributed by atoms with E-state index in [1.165, 1.54) is 25.0 Å². The number of nitrogens with zero attached hydrogens (tertiary/aromatic N) is 3. The zero-order valence-electron chi connectivity index (χ0n) is 16.1. The van der Waals surface area contributed by atoms with Crippen molar-refractivity contribution < 1.29 is 4.79 Å². The first-order chi connectivity index (χ1) is 12.1. The maximum atomic E-state index is 12.9. The second kappa shape index (κ2) is 9.88. The molecule has 1 aromatic rings. The molecule has 27 heavy (non-hydrogen) atoms. The smallest absolute Gasteiger partial charge is 0.225 e. The third-order valence-electron chi connectivity index (χ3n) is 6.46. The monoisotopic (exact) mass is 434 g/mol. The van der Waals surface area contributed by atoms with Gasteiger partial charge < -0.3 is 10.2 Å². The molecule has 0 aromatic carbocycles. The average Bonchev–Trinajstić information content (AvgIpc) is 3.25. The standard InChI is InChI=1S/C19H30N4OS.2ClH/c1-15-21-17(13-25-15)12-22-8-2-16(3-9-22)18(24)23-10-5-19(6-11-23)4-7-20-14-19;;/h13,16,20H,2-12,14H2,1H3;2*1H. The third kappa shape index (κ3) is 5.36. The lowest BCUT2D eigenvalue weighted by Crippen LogP contribution is -2.48. The minimum atomic E-state index is 0. The first kappa shape index (κ1) is 22.9. The van der Waals surface area contributed by atoms with Crippen LogP contribution in [0.25, 0.3) is 0 Å². The van der Waals surface area contributed by atoms with E-state index < -0.39 is 0 Å². The van der Waals surface area contributed by atoms with Crippen LogP contribution in [0.2, 0.25) is 0 Å². The maximum Gasteiger partial charge on any atom is 0.225 e. The highest BCUT2D eigenvalue weighted by atomic mass is 35.5. The second-order valence-corrected chi connectivity index (χ2v) is 9.22. The number of halogens is 2. The fourth-order valence-corrected chi connectivity index (χ4v) is 5.33. The number of aryl methyl sites for hydroxylation is 1. The molecule has 1 amide bonds. The molecule has 1 aromatic heterocycles. The van der Waals surface area contributed by atoms with Gasteiger partial charge in [-0.3, -0.25) is 9.69 Å². The molecule has 8 heteroatoms. The molecule has 5 nitrogen and oxygen atoms in total. The molecule has 0 bridgehead atoms. The quantitative estimate of drug-likeness (QED) is 0.793. The van der Waals surface area contributed by atoms with E-state index in [1.54, 1.807) is 11.3 Å². The highest BCUT2D eigenvalue weighted by molar-refractivity contribution is 7.09. The summed E-state index contributed by atoms with van der Waals surface area (Å²) in [6, 6.07) is 0. The van der Waals surface area contributed by atoms with Crippen LogP contribution in [0.4, 0.5) is 0 Å². The molecule has 3 fully saturated rings. The molecule has 0 radical (unpaired) electrons. The lowest BCUT2D eigenvalue weighted by atomic mass is 9.77. The Morgan fingerprint density at radius 1 is 1.22 bits per heavy atom. The number of thiazole rings is 1. The summed E-state index contributed by atoms with van der Waals surface area (Å²) in [5.41, 5.74) is 1.67. The van der Waals surface area contributed by atoms with Gasteiger partial charge in [-0.05, 0) is 64.1 Å². The second-order valence-electron chi connectivity index (χ2n) is 8.16. The van der Waals surface area contributed by atoms with Gasteiger partial charge in [0.25, 0.3) is 0 Å². The summed E-state index contributed by atoms with van der Waals surface area (Å²) in [7, 11) is 0. The summed E-state index contributed by atoms with van der Waals surface area (Å²) in [5, 5.41) is 6.80. The van der Waals surface area contributed by atoms with E-state index in [0.717, 1.165) is 63.7 Å². The summed E-state index contributed by atoms with van der Waals surface area (Å²) in [5.74, 6) is 0.661. The van der Waals surface area contributed by atoms with Gasteiger partial charge in [-0.25, -0.2) is 4.98 Å². The highest BCUT2D eigenvalue weighted by Gasteiger charge is 2.39. The van der Waals surface area contributed by atoms with E-state index in [1.807, 2.05) is 0 Å². The lowest BCUT2D eigenvalue weighted by molar-refractivity contribution is -0.139. The van der Waals surface area contributed by atoms with Crippen molar-refractivity contribution in [2.45, 2.75) is 45.6 Å². The van der Waals surface area contributed by atoms with E-state index in [-0.39, 0.29) is 30.7 Å². The Kier molecular flexibility index (Phi) is 8.37. The first-order valence-electron chi connectivity index (χ1n) is 9.76. The Morgan fingerprint density at radius 3 is 2.48 bits per heavy atom. The number of hydrogen-bond donors (Lipinski definition) is 1. The number of amides is 1. The van der Waals surface area contributed by atoms with Crippen LogP contribution in [-0.2, 0) is 11.3 Å². The SMILES string of the molecule is Cc1nc(CN2CCC(C(=O)N3CCC4(CCNC4)CC3)CC2)cs1.Cl.Cl. The van der Waals surface area contributed by atoms with Crippen LogP contribution < -0.4 is 5.32 Å². The molecule has 0 atom stereocenters. The third-order valence-corrected chi connectivity index (χ3v) is 7.28. The van der Waals surface area contributed by atoms with Crippen molar-refractivity contribution in [2.75, 3.05) is 39.3 Å². The number of aromatic nitrogens is 1. The summed E-state index contributed by atoms with van der Waals surface area (Å²) >= 11 is 1.72. The minimum Gasteiger partial charge on any atom is -0.342 e. The van der Waals surface area contributed by atoms with E-state index in [9.17, 15) is 4.79 Å². The molecule has 1 spiro atoms. The summed E-state index contributed by atoms with van der Waals surface area (Å²) in [6.45, 7) is 9.30. The van der Waals surface area contributed by atoms with Crippen molar-refractivity contribution in [1.29, 1.82) is 0 Å². The average molecular weight is 435 g/mol. The van der Waals surface area contributed by atoms with Gasteiger partial charge in [-0.1, -0.05) is 0 Å². The van der Waals surface area contributed by atoms with Crippen LogP contribution in [0.1, 0.15) is 42.8 Å². The van der Waals surface area contributed by atoms with E-state index in [0.29, 0.717) is 11.3 Å². The molecule has 3 saturated heterocycles. The zero-order chi connectivity index (χ0) is 17.3. The summed E-state index contributed by atoms with van der Waals surface area (Å²) < 4.78 is 0. The Balaban J connectivity index is 0.00000131. The van der Waals surface area contributed by atoms with Crippen molar-refractivity contribution in [3.63, 3.8) is 0 Å². The van der Waals surface area contributed by atoms with Crippen LogP contribution in [-0.4, -0.2) is 60.0 Å². The number of hydrogen-bond acceptors (Lipinski definition) is 5. The van der Waals surface area contributed by atoms with Crippen molar-refractivity contribution >= 4 is 42.1 Å². The van der Waals surface area contributed by atoms with Crippen LogP contribution in [0.5, 0.6) is 0 Å². The summed E-state index contributed by atoms with van der Waals surface area (Å²) in [6.07, 6.45) is 5.68. The van der Waals surface area contributed by atoms with Gasteiger partial charge in [0.2, 0.25) is 5.91 Å². The lowest BCUT2D eigenvalue weighted by Gasteiger charge is -2.41. The largest absolute Gasteiger partial charge is 0.342 e. The molecule has 4 rings (SSSR count). The van der Waals surface area contributed by atoms with Crippen LogP contribution in [0, 0.1) is 18.3 Å². The van der Waals surface area contributed by atoms with E-state index in [4.69, 9.17) is 0 Å². The van der Waals surface area contributed by atoms with Gasteiger partial charge >= 0.3 is 0 Å². The molecule has 3 aliphatic heterocycles. The Bertz CT molecular complexity index is 603. The number of carbonyl (C=O) groups excluding carboxylic acids is 1. The van der Waals surface area contributed by atoms with E-state index >= 15 is 0 Å². The zero-order valence-corrected chi connectivity index (χ0v) is 18.6. The van der Waals surface area contributed by atoms with Crippen LogP contribution >= 0.6 is 36.2 Å². The van der Waals surface area contributed by atoms with E-state index in [2.05, 4.69) is 32.4 Å². The first-order valence-corrected chi connectivity index (χ1v) is 10.6. The highest BCUT2D eigenvalue weighted by Crippen LogP contribution is 2.37. The fraction of sp³-hybridized carbons (Fsp3) is 0.789. The predicted octanol–water partition coefficient (Wildman–Crippen LogP) is 3.11.